The van der Waals surface area contributed by atoms with Crippen LogP contribution in [0.3, 0.4) is 0 Å². The van der Waals surface area contributed by atoms with Crippen molar-refractivity contribution in [3.8, 4) is 28.3 Å². The third kappa shape index (κ3) is 4.79. The Labute approximate surface area is 207 Å². The van der Waals surface area contributed by atoms with E-state index < -0.39 is 5.60 Å². The van der Waals surface area contributed by atoms with Gasteiger partial charge in [-0.2, -0.15) is 0 Å². The van der Waals surface area contributed by atoms with E-state index in [1.807, 2.05) is 45.9 Å². The fourth-order valence-electron chi connectivity index (χ4n) is 4.12. The summed E-state index contributed by atoms with van der Waals surface area (Å²) in [5, 5.41) is 3.86. The second kappa shape index (κ2) is 9.02. The van der Waals surface area contributed by atoms with Gasteiger partial charge in [0.1, 0.15) is 5.60 Å². The van der Waals surface area contributed by atoms with Crippen LogP contribution in [0.15, 0.2) is 48.5 Å². The summed E-state index contributed by atoms with van der Waals surface area (Å²) in [5.74, 6) is 0.591. The number of fused-ring (bicyclic) bond motifs is 1. The predicted molar refractivity (Wildman–Crippen MR) is 138 cm³/mol. The van der Waals surface area contributed by atoms with E-state index in [9.17, 15) is 4.79 Å². The minimum Gasteiger partial charge on any atom is -0.471 e. The van der Waals surface area contributed by atoms with E-state index in [0.717, 1.165) is 33.5 Å². The van der Waals surface area contributed by atoms with Crippen molar-refractivity contribution >= 4 is 40.1 Å². The van der Waals surface area contributed by atoms with E-state index in [2.05, 4.69) is 58.2 Å². The molecule has 32 heavy (non-hydrogen) atoms. The first-order chi connectivity index (χ1) is 15.2. The summed E-state index contributed by atoms with van der Waals surface area (Å²) in [7, 11) is 0. The number of amides is 1. The second-order valence-corrected chi connectivity index (χ2v) is 10.5. The van der Waals surface area contributed by atoms with Crippen molar-refractivity contribution in [2.24, 2.45) is 0 Å². The van der Waals surface area contributed by atoms with Gasteiger partial charge in [0, 0.05) is 38.1 Å². The highest BCUT2D eigenvalue weighted by atomic mass is 127. The zero-order chi connectivity index (χ0) is 23.0. The number of aromatic nitrogens is 1. The van der Waals surface area contributed by atoms with Gasteiger partial charge in [-0.1, -0.05) is 36.7 Å². The lowest BCUT2D eigenvalue weighted by molar-refractivity contribution is -0.122. The van der Waals surface area contributed by atoms with Gasteiger partial charge in [-0.3, -0.25) is 4.79 Å². The summed E-state index contributed by atoms with van der Waals surface area (Å²) < 4.78 is 7.48. The lowest BCUT2D eigenvalue weighted by Gasteiger charge is -2.37. The molecule has 0 saturated carbocycles. The molecule has 1 amide bonds. The van der Waals surface area contributed by atoms with Gasteiger partial charge in [-0.05, 0) is 84.8 Å². The van der Waals surface area contributed by atoms with Crippen LogP contribution in [0, 0.1) is 10.5 Å². The topological polar surface area (TPSA) is 51.2 Å². The number of benzene rings is 2. The fraction of sp³-hybridized carbons (Fsp3) is 0.308. The summed E-state index contributed by atoms with van der Waals surface area (Å²) in [6, 6.07) is 16.2. The van der Waals surface area contributed by atoms with Crippen LogP contribution in [-0.4, -0.2) is 16.5 Å². The normalized spacial score (nSPS) is 16.8. The van der Waals surface area contributed by atoms with Crippen molar-refractivity contribution in [2.45, 2.75) is 52.2 Å². The largest absolute Gasteiger partial charge is 0.471 e. The zero-order valence-corrected chi connectivity index (χ0v) is 21.5. The van der Waals surface area contributed by atoms with Gasteiger partial charge < -0.3 is 10.1 Å². The third-order valence-electron chi connectivity index (χ3n) is 5.71. The molecule has 2 heterocycles. The molecular weight excluding hydrogens is 535 g/mol. The highest BCUT2D eigenvalue weighted by molar-refractivity contribution is 14.1. The zero-order valence-electron chi connectivity index (χ0n) is 18.6. The Balaban J connectivity index is 1.95. The average molecular weight is 561 g/mol. The maximum absolute atomic E-state index is 12.3. The molecule has 0 radical (unpaired) electrons. The number of nitrogens with zero attached hydrogens (tertiary/aromatic N) is 1. The van der Waals surface area contributed by atoms with Gasteiger partial charge in [0.25, 0.3) is 0 Å². The lowest BCUT2D eigenvalue weighted by Crippen LogP contribution is -2.41. The number of hydrogen-bond donors (Lipinski definition) is 1. The number of hydrogen-bond acceptors (Lipinski definition) is 3. The number of halogens is 2. The van der Waals surface area contributed by atoms with E-state index in [0.29, 0.717) is 23.7 Å². The van der Waals surface area contributed by atoms with Crippen molar-refractivity contribution in [1.82, 2.24) is 10.3 Å². The maximum atomic E-state index is 12.3. The lowest BCUT2D eigenvalue weighted by atomic mass is 9.88. The number of carbonyl (C=O) groups is 1. The van der Waals surface area contributed by atoms with Gasteiger partial charge in [0.15, 0.2) is 0 Å². The average Bonchev–Trinajstić information content (AvgIpc) is 2.73. The van der Waals surface area contributed by atoms with E-state index in [-0.39, 0.29) is 11.9 Å². The van der Waals surface area contributed by atoms with Gasteiger partial charge in [-0.25, -0.2) is 4.98 Å². The van der Waals surface area contributed by atoms with Gasteiger partial charge >= 0.3 is 0 Å². The molecule has 0 aliphatic carbocycles. The molecule has 0 fully saturated rings. The number of pyridine rings is 1. The number of aryl methyl sites for hydroxylation is 1. The van der Waals surface area contributed by atoms with Crippen LogP contribution in [-0.2, 0) is 4.79 Å². The minimum atomic E-state index is -0.442. The molecule has 4 rings (SSSR count). The summed E-state index contributed by atoms with van der Waals surface area (Å²) in [5.41, 5.74) is 5.43. The smallest absolute Gasteiger partial charge is 0.220 e. The van der Waals surface area contributed by atoms with Crippen LogP contribution in [0.1, 0.15) is 50.8 Å². The summed E-state index contributed by atoms with van der Waals surface area (Å²) in [6.45, 7) is 7.96. The van der Waals surface area contributed by atoms with Crippen LogP contribution < -0.4 is 10.1 Å². The summed E-state index contributed by atoms with van der Waals surface area (Å²) in [6.07, 6.45) is 1.12. The Hall–Kier alpha value is -2.12. The SMILES string of the molecule is CCC(=O)NC1CC(C)(C)Oc2nc(-c3ccc(Cl)cc3C)c(-c3ccc(I)cc3)cc21. The Kier molecular flexibility index (Phi) is 6.50. The minimum absolute atomic E-state index is 0.0205. The van der Waals surface area contributed by atoms with E-state index in [4.69, 9.17) is 21.3 Å². The fourth-order valence-corrected chi connectivity index (χ4v) is 4.71. The molecule has 1 atom stereocenters. The van der Waals surface area contributed by atoms with E-state index in [1.54, 1.807) is 0 Å². The molecule has 0 spiro atoms. The molecule has 1 aliphatic rings. The molecule has 0 bridgehead atoms. The van der Waals surface area contributed by atoms with Crippen molar-refractivity contribution in [3.63, 3.8) is 0 Å². The predicted octanol–water partition coefficient (Wildman–Crippen LogP) is 7.11. The number of rotatable bonds is 4. The van der Waals surface area contributed by atoms with Gasteiger partial charge in [0.05, 0.1) is 11.7 Å². The molecule has 0 saturated heterocycles. The third-order valence-corrected chi connectivity index (χ3v) is 6.67. The number of ether oxygens (including phenoxy) is 1. The maximum Gasteiger partial charge on any atom is 0.220 e. The van der Waals surface area contributed by atoms with Crippen molar-refractivity contribution in [1.29, 1.82) is 0 Å². The van der Waals surface area contributed by atoms with Crippen LogP contribution in [0.25, 0.3) is 22.4 Å². The summed E-state index contributed by atoms with van der Waals surface area (Å²) in [4.78, 5) is 17.3. The molecule has 3 aromatic rings. The first-order valence-corrected chi connectivity index (χ1v) is 12.2. The number of nitrogens with one attached hydrogen (secondary N) is 1. The Bertz CT molecular complexity index is 1180. The Morgan fingerprint density at radius 2 is 1.91 bits per heavy atom. The van der Waals surface area contributed by atoms with Gasteiger partial charge in [-0.15, -0.1) is 0 Å². The number of carbonyl (C=O) groups excluding carboxylic acids is 1. The standard InChI is InChI=1S/C26H26ClIN2O2/c1-5-23(31)29-22-14-26(3,4)32-25-21(22)13-20(16-6-9-18(28)10-7-16)24(30-25)19-11-8-17(27)12-15(19)2/h6-13,22H,5,14H2,1-4H3,(H,29,31). The monoisotopic (exact) mass is 560 g/mol. The molecule has 6 heteroatoms. The first kappa shape index (κ1) is 23.1. The second-order valence-electron chi connectivity index (χ2n) is 8.78. The van der Waals surface area contributed by atoms with Crippen molar-refractivity contribution in [3.05, 3.63) is 68.3 Å². The first-order valence-electron chi connectivity index (χ1n) is 10.7. The highest BCUT2D eigenvalue weighted by Crippen LogP contribution is 2.44. The molecule has 1 aliphatic heterocycles. The molecule has 4 nitrogen and oxygen atoms in total. The molecule has 1 unspecified atom stereocenters. The van der Waals surface area contributed by atoms with E-state index in [1.165, 1.54) is 3.57 Å². The van der Waals surface area contributed by atoms with Crippen LogP contribution >= 0.6 is 34.2 Å². The highest BCUT2D eigenvalue weighted by Gasteiger charge is 2.36. The molecule has 1 aromatic heterocycles. The Morgan fingerprint density at radius 3 is 2.56 bits per heavy atom. The van der Waals surface area contributed by atoms with Crippen LogP contribution in [0.5, 0.6) is 5.88 Å². The van der Waals surface area contributed by atoms with Crippen LogP contribution in [0.4, 0.5) is 0 Å². The Morgan fingerprint density at radius 1 is 1.19 bits per heavy atom. The van der Waals surface area contributed by atoms with Crippen LogP contribution in [0.2, 0.25) is 5.02 Å². The van der Waals surface area contributed by atoms with Crippen molar-refractivity contribution < 1.29 is 9.53 Å². The van der Waals surface area contributed by atoms with Gasteiger partial charge in [0.2, 0.25) is 11.8 Å². The molecule has 166 valence electrons. The van der Waals surface area contributed by atoms with Crippen molar-refractivity contribution in [2.75, 3.05) is 0 Å². The quantitative estimate of drug-likeness (QED) is 0.346. The molecular formula is C26H26ClIN2O2. The molecule has 1 N–H and O–H groups in total. The molecule has 2 aromatic carbocycles. The van der Waals surface area contributed by atoms with E-state index >= 15 is 0 Å². The summed E-state index contributed by atoms with van der Waals surface area (Å²) >= 11 is 8.53.